The number of hydrogen-bond donors (Lipinski definition) is 1. The summed E-state index contributed by atoms with van der Waals surface area (Å²) in [5.74, 6) is 2.06. The predicted molar refractivity (Wildman–Crippen MR) is 133 cm³/mol. The van der Waals surface area contributed by atoms with E-state index in [9.17, 15) is 0 Å². The number of nitrogens with zero attached hydrogens (tertiary/aromatic N) is 6. The zero-order valence-electron chi connectivity index (χ0n) is 20.3. The Bertz CT molecular complexity index is 1110. The van der Waals surface area contributed by atoms with Gasteiger partial charge in [-0.05, 0) is 56.0 Å². The molecule has 3 aromatic heterocycles. The number of nitrogens with one attached hydrogen (secondary N) is 1. The molecule has 0 radical (unpaired) electrons. The first-order chi connectivity index (χ1) is 16.0. The number of fused-ring (bicyclic) bond motifs is 3. The van der Waals surface area contributed by atoms with E-state index in [-0.39, 0.29) is 0 Å². The van der Waals surface area contributed by atoms with Crippen LogP contribution >= 0.6 is 0 Å². The van der Waals surface area contributed by atoms with Crippen LogP contribution in [-0.2, 0) is 25.9 Å². The van der Waals surface area contributed by atoms with Gasteiger partial charge in [0.05, 0.1) is 17.1 Å². The molecule has 5 rings (SSSR count). The van der Waals surface area contributed by atoms with Gasteiger partial charge in [0.1, 0.15) is 11.6 Å². The maximum atomic E-state index is 5.05. The van der Waals surface area contributed by atoms with Crippen molar-refractivity contribution in [3.63, 3.8) is 0 Å². The number of aryl methyl sites for hydroxylation is 3. The molecule has 0 amide bonds. The largest absolute Gasteiger partial charge is 0.325 e. The number of pyridine rings is 2. The fourth-order valence-corrected chi connectivity index (χ4v) is 5.00. The van der Waals surface area contributed by atoms with Gasteiger partial charge in [0.15, 0.2) is 0 Å². The highest BCUT2D eigenvalue weighted by Crippen LogP contribution is 2.38. The molecule has 0 bridgehead atoms. The SMILES string of the molecule is CCn1nc2c(c1C(C)C)-c1nc(Nc3ccc(CN4CCN(C)CC4)cn3)ccc1CC2. The van der Waals surface area contributed by atoms with E-state index in [4.69, 9.17) is 10.1 Å². The molecule has 33 heavy (non-hydrogen) atoms. The van der Waals surface area contributed by atoms with E-state index in [0.717, 1.165) is 69.4 Å². The molecule has 0 spiro atoms. The zero-order valence-corrected chi connectivity index (χ0v) is 20.3. The van der Waals surface area contributed by atoms with Gasteiger partial charge in [-0.1, -0.05) is 26.0 Å². The molecule has 1 aliphatic heterocycles. The first-order valence-electron chi connectivity index (χ1n) is 12.2. The Morgan fingerprint density at radius 2 is 1.79 bits per heavy atom. The number of aromatic nitrogens is 4. The van der Waals surface area contributed by atoms with Gasteiger partial charge in [0.25, 0.3) is 0 Å². The molecule has 4 heterocycles. The molecule has 174 valence electrons. The van der Waals surface area contributed by atoms with Crippen LogP contribution in [0.25, 0.3) is 11.3 Å². The van der Waals surface area contributed by atoms with Crippen molar-refractivity contribution in [3.05, 3.63) is 53.0 Å². The molecule has 0 aromatic carbocycles. The van der Waals surface area contributed by atoms with E-state index in [2.05, 4.69) is 76.9 Å². The van der Waals surface area contributed by atoms with Crippen LogP contribution in [0.4, 0.5) is 11.6 Å². The summed E-state index contributed by atoms with van der Waals surface area (Å²) in [5, 5.41) is 8.32. The fourth-order valence-electron chi connectivity index (χ4n) is 5.00. The van der Waals surface area contributed by atoms with Crippen molar-refractivity contribution in [3.8, 4) is 11.3 Å². The second-order valence-corrected chi connectivity index (χ2v) is 9.64. The fraction of sp³-hybridized carbons (Fsp3) is 0.500. The minimum absolute atomic E-state index is 0.403. The maximum absolute atomic E-state index is 5.05. The van der Waals surface area contributed by atoms with E-state index >= 15 is 0 Å². The predicted octanol–water partition coefficient (Wildman–Crippen LogP) is 4.07. The molecular formula is C26H35N7. The highest BCUT2D eigenvalue weighted by atomic mass is 15.3. The van der Waals surface area contributed by atoms with Crippen LogP contribution in [0.3, 0.4) is 0 Å². The van der Waals surface area contributed by atoms with Crippen molar-refractivity contribution in [1.29, 1.82) is 0 Å². The quantitative estimate of drug-likeness (QED) is 0.617. The number of anilines is 2. The summed E-state index contributed by atoms with van der Waals surface area (Å²) in [4.78, 5) is 14.6. The Hall–Kier alpha value is -2.77. The van der Waals surface area contributed by atoms with E-state index in [1.54, 1.807) is 0 Å². The number of rotatable bonds is 6. The van der Waals surface area contributed by atoms with Crippen molar-refractivity contribution in [1.82, 2.24) is 29.5 Å². The van der Waals surface area contributed by atoms with Crippen LogP contribution in [0.5, 0.6) is 0 Å². The minimum atomic E-state index is 0.403. The lowest BCUT2D eigenvalue weighted by atomic mass is 9.90. The van der Waals surface area contributed by atoms with Crippen LogP contribution in [0.15, 0.2) is 30.5 Å². The Balaban J connectivity index is 1.35. The summed E-state index contributed by atoms with van der Waals surface area (Å²) in [6, 6.07) is 8.52. The molecule has 0 saturated carbocycles. The Morgan fingerprint density at radius 1 is 1.00 bits per heavy atom. The van der Waals surface area contributed by atoms with Crippen molar-refractivity contribution < 1.29 is 0 Å². The Kier molecular flexibility index (Phi) is 6.17. The molecule has 0 unspecified atom stereocenters. The van der Waals surface area contributed by atoms with Crippen molar-refractivity contribution in [2.45, 2.75) is 52.6 Å². The smallest absolute Gasteiger partial charge is 0.132 e. The lowest BCUT2D eigenvalue weighted by Gasteiger charge is -2.32. The van der Waals surface area contributed by atoms with Crippen molar-refractivity contribution in [2.24, 2.45) is 0 Å². The summed E-state index contributed by atoms with van der Waals surface area (Å²) in [7, 11) is 2.19. The van der Waals surface area contributed by atoms with Gasteiger partial charge in [-0.25, -0.2) is 9.97 Å². The molecule has 1 fully saturated rings. The van der Waals surface area contributed by atoms with E-state index in [1.807, 2.05) is 6.20 Å². The van der Waals surface area contributed by atoms with Crippen LogP contribution in [0.2, 0.25) is 0 Å². The van der Waals surface area contributed by atoms with Crippen LogP contribution < -0.4 is 5.32 Å². The van der Waals surface area contributed by atoms with Crippen LogP contribution in [0.1, 0.15) is 49.2 Å². The van der Waals surface area contributed by atoms with Gasteiger partial charge in [-0.2, -0.15) is 5.10 Å². The molecule has 3 aromatic rings. The average molecular weight is 446 g/mol. The highest BCUT2D eigenvalue weighted by molar-refractivity contribution is 5.73. The molecule has 7 heteroatoms. The third kappa shape index (κ3) is 4.52. The Morgan fingerprint density at radius 3 is 2.48 bits per heavy atom. The molecule has 0 atom stereocenters. The molecule has 7 nitrogen and oxygen atoms in total. The van der Waals surface area contributed by atoms with E-state index < -0.39 is 0 Å². The molecule has 1 N–H and O–H groups in total. The summed E-state index contributed by atoms with van der Waals surface area (Å²) >= 11 is 0. The lowest BCUT2D eigenvalue weighted by molar-refractivity contribution is 0.148. The van der Waals surface area contributed by atoms with Gasteiger partial charge in [-0.3, -0.25) is 9.58 Å². The topological polar surface area (TPSA) is 62.1 Å². The average Bonchev–Trinajstić information content (AvgIpc) is 3.21. The van der Waals surface area contributed by atoms with Crippen molar-refractivity contribution in [2.75, 3.05) is 38.5 Å². The van der Waals surface area contributed by atoms with Gasteiger partial charge in [0.2, 0.25) is 0 Å². The number of likely N-dealkylation sites (N-methyl/N-ethyl adjacent to an activating group) is 1. The van der Waals surface area contributed by atoms with E-state index in [1.165, 1.54) is 28.1 Å². The third-order valence-electron chi connectivity index (χ3n) is 6.84. The monoisotopic (exact) mass is 445 g/mol. The normalized spacial score (nSPS) is 16.6. The van der Waals surface area contributed by atoms with Crippen molar-refractivity contribution >= 4 is 11.6 Å². The molecule has 1 aliphatic carbocycles. The van der Waals surface area contributed by atoms with Crippen LogP contribution in [-0.4, -0.2) is 62.8 Å². The second kappa shape index (κ2) is 9.23. The second-order valence-electron chi connectivity index (χ2n) is 9.64. The van der Waals surface area contributed by atoms with Gasteiger partial charge in [0, 0.05) is 51.0 Å². The van der Waals surface area contributed by atoms with Gasteiger partial charge < -0.3 is 10.2 Å². The summed E-state index contributed by atoms with van der Waals surface area (Å²) in [6.45, 7) is 13.0. The molecule has 1 saturated heterocycles. The third-order valence-corrected chi connectivity index (χ3v) is 6.84. The van der Waals surface area contributed by atoms with Gasteiger partial charge >= 0.3 is 0 Å². The highest BCUT2D eigenvalue weighted by Gasteiger charge is 2.27. The zero-order chi connectivity index (χ0) is 22.9. The Labute approximate surface area is 196 Å². The standard InChI is InChI=1S/C26H35N7/c1-5-33-26(18(2)3)24-21(30-33)9-7-20-8-11-23(29-25(20)24)28-22-10-6-19(16-27-22)17-32-14-12-31(4)13-15-32/h6,8,10-11,16,18H,5,7,9,12-15,17H2,1-4H3,(H,27,28,29). The molecule has 2 aliphatic rings. The summed E-state index contributed by atoms with van der Waals surface area (Å²) < 4.78 is 2.16. The first kappa shape index (κ1) is 22.0. The first-order valence-corrected chi connectivity index (χ1v) is 12.2. The minimum Gasteiger partial charge on any atom is -0.325 e. The van der Waals surface area contributed by atoms with Crippen LogP contribution in [0, 0.1) is 0 Å². The number of hydrogen-bond acceptors (Lipinski definition) is 6. The maximum Gasteiger partial charge on any atom is 0.132 e. The van der Waals surface area contributed by atoms with Gasteiger partial charge in [-0.15, -0.1) is 0 Å². The van der Waals surface area contributed by atoms with E-state index in [0.29, 0.717) is 5.92 Å². The lowest BCUT2D eigenvalue weighted by Crippen LogP contribution is -2.43. The molecular weight excluding hydrogens is 410 g/mol. The summed E-state index contributed by atoms with van der Waals surface area (Å²) in [6.07, 6.45) is 3.96. The summed E-state index contributed by atoms with van der Waals surface area (Å²) in [5.41, 5.74) is 7.36. The number of piperazine rings is 1.